The van der Waals surface area contributed by atoms with Gasteiger partial charge in [-0.1, -0.05) is 54.6 Å². The number of aromatic nitrogens is 1. The highest BCUT2D eigenvalue weighted by atomic mass is 16.3. The maximum absolute atomic E-state index is 12.6. The van der Waals surface area contributed by atoms with Gasteiger partial charge in [-0.2, -0.15) is 0 Å². The summed E-state index contributed by atoms with van der Waals surface area (Å²) in [6.07, 6.45) is 1.86. The molecule has 0 aliphatic carbocycles. The molecule has 5 rings (SSSR count). The molecule has 4 aromatic rings. The van der Waals surface area contributed by atoms with E-state index in [2.05, 4.69) is 4.99 Å². The van der Waals surface area contributed by atoms with E-state index in [4.69, 9.17) is 0 Å². The third-order valence-electron chi connectivity index (χ3n) is 4.73. The molecule has 0 unspecified atom stereocenters. The number of hydrogen-bond acceptors (Lipinski definition) is 2. The van der Waals surface area contributed by atoms with Crippen LogP contribution in [0.1, 0.15) is 5.69 Å². The van der Waals surface area contributed by atoms with Crippen molar-refractivity contribution < 1.29 is 9.90 Å². The van der Waals surface area contributed by atoms with E-state index >= 15 is 0 Å². The Hall–Kier alpha value is -3.66. The van der Waals surface area contributed by atoms with E-state index in [1.807, 2.05) is 83.4 Å². The molecule has 4 nitrogen and oxygen atoms in total. The normalized spacial score (nSPS) is 13.1. The van der Waals surface area contributed by atoms with Gasteiger partial charge in [-0.25, -0.2) is 4.99 Å². The van der Waals surface area contributed by atoms with Crippen LogP contribution in [0.3, 0.4) is 0 Å². The highest BCUT2D eigenvalue weighted by molar-refractivity contribution is 6.22. The Bertz CT molecular complexity index is 1300. The molecule has 0 radical (unpaired) electrons. The maximum atomic E-state index is 12.6. The van der Waals surface area contributed by atoms with Gasteiger partial charge >= 0.3 is 0 Å². The number of carbonyl (C=O) groups excluding carboxylic acids is 1. The van der Waals surface area contributed by atoms with E-state index in [-0.39, 0.29) is 11.7 Å². The number of aromatic hydroxyl groups is 1. The fourth-order valence-corrected chi connectivity index (χ4v) is 3.62. The average molecular weight is 338 g/mol. The fraction of sp³-hybridized carbons (Fsp3) is 0. The van der Waals surface area contributed by atoms with Crippen molar-refractivity contribution in [3.05, 3.63) is 95.3 Å². The molecule has 1 N–H and O–H groups in total. The fourth-order valence-electron chi connectivity index (χ4n) is 3.62. The van der Waals surface area contributed by atoms with Crippen molar-refractivity contribution >= 4 is 17.0 Å². The third kappa shape index (κ3) is 1.96. The first-order valence-electron chi connectivity index (χ1n) is 8.36. The first-order valence-corrected chi connectivity index (χ1v) is 8.36. The molecule has 2 aromatic carbocycles. The van der Waals surface area contributed by atoms with Crippen LogP contribution < -0.4 is 10.6 Å². The SMILES string of the molecule is O=C1N=c2ccccc2=C1c1c(O)c(-c2ccccc2)c2ccccn12. The minimum atomic E-state index is -0.329. The molecule has 0 saturated heterocycles. The minimum absolute atomic E-state index is 0.0950. The minimum Gasteiger partial charge on any atom is -0.505 e. The summed E-state index contributed by atoms with van der Waals surface area (Å²) in [4.78, 5) is 16.8. The molecule has 0 fully saturated rings. The zero-order valence-electron chi connectivity index (χ0n) is 13.8. The topological polar surface area (TPSA) is 54.1 Å². The van der Waals surface area contributed by atoms with Crippen molar-refractivity contribution in [2.24, 2.45) is 4.99 Å². The summed E-state index contributed by atoms with van der Waals surface area (Å²) in [5.41, 5.74) is 3.37. The van der Waals surface area contributed by atoms with Gasteiger partial charge in [0.15, 0.2) is 0 Å². The summed E-state index contributed by atoms with van der Waals surface area (Å²) >= 11 is 0. The Labute approximate surface area is 149 Å². The number of hydrogen-bond donors (Lipinski definition) is 1. The van der Waals surface area contributed by atoms with Crippen LogP contribution in [0.4, 0.5) is 0 Å². The van der Waals surface area contributed by atoms with Gasteiger partial charge in [-0.3, -0.25) is 4.79 Å². The van der Waals surface area contributed by atoms with Crippen LogP contribution in [0.2, 0.25) is 0 Å². The van der Waals surface area contributed by atoms with Crippen LogP contribution in [0, 0.1) is 0 Å². The second kappa shape index (κ2) is 5.43. The smallest absolute Gasteiger partial charge is 0.280 e. The van der Waals surface area contributed by atoms with Crippen molar-refractivity contribution in [3.63, 3.8) is 0 Å². The van der Waals surface area contributed by atoms with Crippen LogP contribution in [0.25, 0.3) is 22.2 Å². The lowest BCUT2D eigenvalue weighted by Gasteiger charge is -2.03. The predicted molar refractivity (Wildman–Crippen MR) is 99.2 cm³/mol. The van der Waals surface area contributed by atoms with Crippen LogP contribution in [0.5, 0.6) is 5.75 Å². The second-order valence-corrected chi connectivity index (χ2v) is 6.20. The van der Waals surface area contributed by atoms with Crippen molar-refractivity contribution in [3.8, 4) is 16.9 Å². The number of para-hydroxylation sites is 1. The molecule has 0 saturated carbocycles. The van der Waals surface area contributed by atoms with Gasteiger partial charge in [0.25, 0.3) is 5.91 Å². The van der Waals surface area contributed by atoms with E-state index in [9.17, 15) is 9.90 Å². The quantitative estimate of drug-likeness (QED) is 0.611. The van der Waals surface area contributed by atoms with Crippen molar-refractivity contribution in [1.82, 2.24) is 4.40 Å². The average Bonchev–Trinajstić information content (AvgIpc) is 3.15. The van der Waals surface area contributed by atoms with Gasteiger partial charge in [0, 0.05) is 17.0 Å². The Kier molecular flexibility index (Phi) is 3.06. The molecule has 0 bridgehead atoms. The summed E-state index contributed by atoms with van der Waals surface area (Å²) in [5.74, 6) is -0.234. The van der Waals surface area contributed by atoms with Gasteiger partial charge < -0.3 is 9.51 Å². The van der Waals surface area contributed by atoms with Crippen LogP contribution in [0.15, 0.2) is 84.0 Å². The summed E-state index contributed by atoms with van der Waals surface area (Å²) < 4.78 is 1.86. The summed E-state index contributed by atoms with van der Waals surface area (Å²) in [5, 5.41) is 12.5. The zero-order valence-corrected chi connectivity index (χ0v) is 13.8. The Balaban J connectivity index is 1.95. The summed E-state index contributed by atoms with van der Waals surface area (Å²) in [6, 6.07) is 22.8. The van der Waals surface area contributed by atoms with Gasteiger partial charge in [0.05, 0.1) is 16.4 Å². The number of rotatable bonds is 2. The first-order chi connectivity index (χ1) is 12.8. The number of carbonyl (C=O) groups is 1. The molecule has 4 heteroatoms. The lowest BCUT2D eigenvalue weighted by Crippen LogP contribution is -2.22. The van der Waals surface area contributed by atoms with E-state index in [0.717, 1.165) is 16.3 Å². The first kappa shape index (κ1) is 14.7. The molecule has 2 aromatic heterocycles. The molecular formula is C22H14N2O2. The Morgan fingerprint density at radius 3 is 2.42 bits per heavy atom. The number of pyridine rings is 1. The maximum Gasteiger partial charge on any atom is 0.280 e. The molecule has 124 valence electrons. The van der Waals surface area contributed by atoms with Crippen LogP contribution in [-0.4, -0.2) is 15.4 Å². The number of benzene rings is 2. The van der Waals surface area contributed by atoms with Crippen molar-refractivity contribution in [1.29, 1.82) is 0 Å². The molecule has 1 aliphatic rings. The van der Waals surface area contributed by atoms with E-state index in [0.29, 0.717) is 22.2 Å². The highest BCUT2D eigenvalue weighted by Crippen LogP contribution is 2.41. The summed E-state index contributed by atoms with van der Waals surface area (Å²) in [7, 11) is 0. The highest BCUT2D eigenvalue weighted by Gasteiger charge is 2.27. The lowest BCUT2D eigenvalue weighted by molar-refractivity contribution is -0.112. The monoisotopic (exact) mass is 338 g/mol. The molecular weight excluding hydrogens is 324 g/mol. The molecule has 3 heterocycles. The largest absolute Gasteiger partial charge is 0.505 e. The van der Waals surface area contributed by atoms with E-state index < -0.39 is 0 Å². The Morgan fingerprint density at radius 1 is 0.846 bits per heavy atom. The second-order valence-electron chi connectivity index (χ2n) is 6.20. The standard InChI is InChI=1S/C22H14N2O2/c25-21-18(14-8-2-1-3-9-14)17-12-6-7-13-24(17)20(21)19-15-10-4-5-11-16(15)23-22(19)26/h1-13,25H. The molecule has 1 aliphatic heterocycles. The number of nitrogens with zero attached hydrogens (tertiary/aromatic N) is 2. The third-order valence-corrected chi connectivity index (χ3v) is 4.73. The number of fused-ring (bicyclic) bond motifs is 2. The zero-order chi connectivity index (χ0) is 17.7. The predicted octanol–water partition coefficient (Wildman–Crippen LogP) is 2.67. The lowest BCUT2D eigenvalue weighted by atomic mass is 10.0. The van der Waals surface area contributed by atoms with Gasteiger partial charge in [-0.05, 0) is 23.8 Å². The van der Waals surface area contributed by atoms with Gasteiger partial charge in [0.2, 0.25) is 0 Å². The van der Waals surface area contributed by atoms with Crippen molar-refractivity contribution in [2.45, 2.75) is 0 Å². The van der Waals surface area contributed by atoms with Crippen LogP contribution in [-0.2, 0) is 4.79 Å². The number of amides is 1. The molecule has 0 spiro atoms. The summed E-state index contributed by atoms with van der Waals surface area (Å²) in [6.45, 7) is 0. The molecule has 1 amide bonds. The van der Waals surface area contributed by atoms with Crippen LogP contribution >= 0.6 is 0 Å². The molecule has 0 atom stereocenters. The van der Waals surface area contributed by atoms with Gasteiger partial charge in [0.1, 0.15) is 11.4 Å². The Morgan fingerprint density at radius 2 is 1.58 bits per heavy atom. The van der Waals surface area contributed by atoms with E-state index in [1.165, 1.54) is 0 Å². The van der Waals surface area contributed by atoms with Crippen molar-refractivity contribution in [2.75, 3.05) is 0 Å². The van der Waals surface area contributed by atoms with E-state index in [1.54, 1.807) is 0 Å². The molecule has 26 heavy (non-hydrogen) atoms. The van der Waals surface area contributed by atoms with Gasteiger partial charge in [-0.15, -0.1) is 0 Å².